The maximum Gasteiger partial charge on any atom is 0.263 e. The number of carbonyl (C=O) groups excluding carboxylic acids is 2. The highest BCUT2D eigenvalue weighted by atomic mass is 35.5. The second kappa shape index (κ2) is 3.82. The standard InChI is InChI=1S/C12H12ClNO3/c1-12(2,6-15)14-10(16)7-4-3-5-8(13)9(7)11(14)17/h3-5,15H,6H2,1-2H3. The zero-order valence-electron chi connectivity index (χ0n) is 9.53. The number of benzene rings is 1. The van der Waals surface area contributed by atoms with E-state index in [9.17, 15) is 14.7 Å². The van der Waals surface area contributed by atoms with Crippen LogP contribution in [0.15, 0.2) is 18.2 Å². The van der Waals surface area contributed by atoms with Crippen LogP contribution in [-0.4, -0.2) is 34.0 Å². The summed E-state index contributed by atoms with van der Waals surface area (Å²) in [5, 5.41) is 9.52. The van der Waals surface area contributed by atoms with Gasteiger partial charge < -0.3 is 5.11 Å². The maximum absolute atomic E-state index is 12.1. The average molecular weight is 254 g/mol. The van der Waals surface area contributed by atoms with Gasteiger partial charge in [0.15, 0.2) is 0 Å². The van der Waals surface area contributed by atoms with E-state index in [1.807, 2.05) is 0 Å². The van der Waals surface area contributed by atoms with Crippen molar-refractivity contribution in [3.05, 3.63) is 34.3 Å². The second-order valence-electron chi connectivity index (χ2n) is 4.58. The maximum atomic E-state index is 12.1. The first-order valence-corrected chi connectivity index (χ1v) is 5.56. The minimum absolute atomic E-state index is 0.223. The number of halogens is 1. The van der Waals surface area contributed by atoms with Crippen LogP contribution < -0.4 is 0 Å². The Morgan fingerprint density at radius 1 is 1.29 bits per heavy atom. The van der Waals surface area contributed by atoms with Gasteiger partial charge in [0.2, 0.25) is 0 Å². The molecular formula is C12H12ClNO3. The molecule has 2 rings (SSSR count). The number of hydrogen-bond donors (Lipinski definition) is 1. The highest BCUT2D eigenvalue weighted by Gasteiger charge is 2.44. The molecule has 1 aliphatic heterocycles. The van der Waals surface area contributed by atoms with Crippen molar-refractivity contribution in [2.45, 2.75) is 19.4 Å². The number of aliphatic hydroxyl groups is 1. The third kappa shape index (κ3) is 1.64. The predicted molar refractivity (Wildman–Crippen MR) is 63.1 cm³/mol. The Morgan fingerprint density at radius 2 is 1.94 bits per heavy atom. The van der Waals surface area contributed by atoms with Crippen LogP contribution >= 0.6 is 11.6 Å². The topological polar surface area (TPSA) is 57.6 Å². The molecule has 4 nitrogen and oxygen atoms in total. The molecule has 17 heavy (non-hydrogen) atoms. The molecule has 1 heterocycles. The molecule has 0 atom stereocenters. The van der Waals surface area contributed by atoms with Crippen molar-refractivity contribution in [3.63, 3.8) is 0 Å². The largest absolute Gasteiger partial charge is 0.394 e. The lowest BCUT2D eigenvalue weighted by Gasteiger charge is -2.31. The fourth-order valence-corrected chi connectivity index (χ4v) is 2.12. The Labute approximate surface area is 104 Å². The van der Waals surface area contributed by atoms with Gasteiger partial charge in [0, 0.05) is 0 Å². The molecule has 0 saturated heterocycles. The van der Waals surface area contributed by atoms with Crippen molar-refractivity contribution in [1.82, 2.24) is 4.90 Å². The summed E-state index contributed by atoms with van der Waals surface area (Å²) in [6.45, 7) is 2.96. The van der Waals surface area contributed by atoms with Crippen molar-refractivity contribution in [2.24, 2.45) is 0 Å². The molecule has 1 aromatic carbocycles. The van der Waals surface area contributed by atoms with Gasteiger partial charge in [0.25, 0.3) is 11.8 Å². The normalized spacial score (nSPS) is 15.4. The Morgan fingerprint density at radius 3 is 2.47 bits per heavy atom. The summed E-state index contributed by atoms with van der Waals surface area (Å²) in [6.07, 6.45) is 0. The summed E-state index contributed by atoms with van der Waals surface area (Å²) in [5.41, 5.74) is -0.416. The van der Waals surface area contributed by atoms with Gasteiger partial charge in [0.1, 0.15) is 0 Å². The summed E-state index contributed by atoms with van der Waals surface area (Å²) in [4.78, 5) is 25.3. The molecule has 0 aliphatic carbocycles. The quantitative estimate of drug-likeness (QED) is 0.817. The van der Waals surface area contributed by atoms with Gasteiger partial charge in [-0.15, -0.1) is 0 Å². The molecule has 5 heteroatoms. The van der Waals surface area contributed by atoms with Crippen LogP contribution in [0.3, 0.4) is 0 Å². The van der Waals surface area contributed by atoms with E-state index in [4.69, 9.17) is 11.6 Å². The molecule has 1 aromatic rings. The highest BCUT2D eigenvalue weighted by Crippen LogP contribution is 2.33. The first-order chi connectivity index (χ1) is 7.90. The van der Waals surface area contributed by atoms with E-state index in [2.05, 4.69) is 0 Å². The van der Waals surface area contributed by atoms with Gasteiger partial charge >= 0.3 is 0 Å². The summed E-state index contributed by atoms with van der Waals surface area (Å²) in [6, 6.07) is 4.76. The molecule has 1 N–H and O–H groups in total. The molecule has 0 bridgehead atoms. The van der Waals surface area contributed by atoms with Crippen molar-refractivity contribution >= 4 is 23.4 Å². The first-order valence-electron chi connectivity index (χ1n) is 5.18. The van der Waals surface area contributed by atoms with Crippen LogP contribution in [0.4, 0.5) is 0 Å². The van der Waals surface area contributed by atoms with Gasteiger partial charge in [-0.1, -0.05) is 17.7 Å². The van der Waals surface area contributed by atoms with Crippen molar-refractivity contribution in [3.8, 4) is 0 Å². The van der Waals surface area contributed by atoms with Gasteiger partial charge in [-0.25, -0.2) is 0 Å². The van der Waals surface area contributed by atoms with E-state index in [-0.39, 0.29) is 17.2 Å². The third-order valence-corrected chi connectivity index (χ3v) is 3.17. The molecule has 0 spiro atoms. The van der Waals surface area contributed by atoms with Crippen LogP contribution in [0.2, 0.25) is 5.02 Å². The Hall–Kier alpha value is -1.39. The molecular weight excluding hydrogens is 242 g/mol. The van der Waals surface area contributed by atoms with Crippen LogP contribution in [0.5, 0.6) is 0 Å². The van der Waals surface area contributed by atoms with Crippen molar-refractivity contribution < 1.29 is 14.7 Å². The molecule has 0 aromatic heterocycles. The van der Waals surface area contributed by atoms with Crippen LogP contribution in [0, 0.1) is 0 Å². The molecule has 90 valence electrons. The third-order valence-electron chi connectivity index (χ3n) is 2.86. The lowest BCUT2D eigenvalue weighted by Crippen LogP contribution is -2.50. The Kier molecular flexibility index (Phi) is 2.72. The zero-order chi connectivity index (χ0) is 12.8. The number of fused-ring (bicyclic) bond motifs is 1. The summed E-state index contributed by atoms with van der Waals surface area (Å²) >= 11 is 5.93. The van der Waals surface area contributed by atoms with Crippen molar-refractivity contribution in [2.75, 3.05) is 6.61 Å². The number of carbonyl (C=O) groups is 2. The first kappa shape index (κ1) is 12.1. The highest BCUT2D eigenvalue weighted by molar-refractivity contribution is 6.37. The number of rotatable bonds is 2. The SMILES string of the molecule is CC(C)(CO)N1C(=O)c2cccc(Cl)c2C1=O. The number of hydrogen-bond acceptors (Lipinski definition) is 3. The Balaban J connectivity index is 2.57. The van der Waals surface area contributed by atoms with E-state index >= 15 is 0 Å². The van der Waals surface area contributed by atoms with E-state index in [1.54, 1.807) is 32.0 Å². The van der Waals surface area contributed by atoms with Gasteiger partial charge in [-0.3, -0.25) is 14.5 Å². The number of amides is 2. The van der Waals surface area contributed by atoms with E-state index in [0.717, 1.165) is 4.90 Å². The molecule has 0 saturated carbocycles. The minimum atomic E-state index is -0.934. The van der Waals surface area contributed by atoms with Crippen LogP contribution in [0.1, 0.15) is 34.6 Å². The summed E-state index contributed by atoms with van der Waals surface area (Å²) in [5.74, 6) is -0.860. The minimum Gasteiger partial charge on any atom is -0.394 e. The molecule has 1 aliphatic rings. The van der Waals surface area contributed by atoms with Gasteiger partial charge in [-0.05, 0) is 26.0 Å². The molecule has 0 unspecified atom stereocenters. The second-order valence-corrected chi connectivity index (χ2v) is 4.99. The number of nitrogens with zero attached hydrogens (tertiary/aromatic N) is 1. The molecule has 2 amide bonds. The summed E-state index contributed by atoms with van der Waals surface area (Å²) < 4.78 is 0. The van der Waals surface area contributed by atoms with E-state index < -0.39 is 17.4 Å². The average Bonchev–Trinajstić information content (AvgIpc) is 2.53. The summed E-state index contributed by atoms with van der Waals surface area (Å²) in [7, 11) is 0. The van der Waals surface area contributed by atoms with Gasteiger partial charge in [0.05, 0.1) is 28.3 Å². The van der Waals surface area contributed by atoms with Crippen LogP contribution in [-0.2, 0) is 0 Å². The van der Waals surface area contributed by atoms with E-state index in [1.165, 1.54) is 0 Å². The number of aliphatic hydroxyl groups excluding tert-OH is 1. The monoisotopic (exact) mass is 253 g/mol. The molecule has 0 radical (unpaired) electrons. The van der Waals surface area contributed by atoms with E-state index in [0.29, 0.717) is 5.56 Å². The molecule has 0 fully saturated rings. The van der Waals surface area contributed by atoms with Crippen molar-refractivity contribution in [1.29, 1.82) is 0 Å². The fraction of sp³-hybridized carbons (Fsp3) is 0.333. The van der Waals surface area contributed by atoms with Gasteiger partial charge in [-0.2, -0.15) is 0 Å². The number of imide groups is 1. The predicted octanol–water partition coefficient (Wildman–Crippen LogP) is 1.71. The lowest BCUT2D eigenvalue weighted by molar-refractivity contribution is 0.0354. The smallest absolute Gasteiger partial charge is 0.263 e. The Bertz CT molecular complexity index is 510. The van der Waals surface area contributed by atoms with Crippen LogP contribution in [0.25, 0.3) is 0 Å². The fourth-order valence-electron chi connectivity index (χ4n) is 1.86. The zero-order valence-corrected chi connectivity index (χ0v) is 10.3. The lowest BCUT2D eigenvalue weighted by atomic mass is 10.0.